The summed E-state index contributed by atoms with van der Waals surface area (Å²) in [5, 5.41) is 3.28. The number of carbonyl (C=O) groups excluding carboxylic acids is 1. The number of hydrogen-bond donors (Lipinski definition) is 1. The highest BCUT2D eigenvalue weighted by atomic mass is 16.5. The molecule has 1 aromatic carbocycles. The summed E-state index contributed by atoms with van der Waals surface area (Å²) in [6.45, 7) is 4.91. The number of ether oxygens (including phenoxy) is 2. The van der Waals surface area contributed by atoms with Gasteiger partial charge in [0.25, 0.3) is 0 Å². The monoisotopic (exact) mass is 251 g/mol. The molecule has 0 saturated carbocycles. The van der Waals surface area contributed by atoms with Gasteiger partial charge in [0.2, 0.25) is 0 Å². The van der Waals surface area contributed by atoms with Crippen LogP contribution >= 0.6 is 0 Å². The maximum atomic E-state index is 11.2. The first kappa shape index (κ1) is 14.5. The Hall–Kier alpha value is -1.55. The lowest BCUT2D eigenvalue weighted by Crippen LogP contribution is -2.22. The highest BCUT2D eigenvalue weighted by molar-refractivity contribution is 5.69. The fourth-order valence-corrected chi connectivity index (χ4v) is 1.65. The maximum Gasteiger partial charge on any atom is 0.307 e. The van der Waals surface area contributed by atoms with E-state index in [-0.39, 0.29) is 12.0 Å². The molecule has 4 heteroatoms. The molecule has 0 heterocycles. The molecule has 0 aliphatic rings. The molecule has 0 fully saturated rings. The summed E-state index contributed by atoms with van der Waals surface area (Å²) in [4.78, 5) is 11.2. The minimum Gasteiger partial charge on any atom is -0.497 e. The molecule has 0 bridgehead atoms. The van der Waals surface area contributed by atoms with E-state index in [2.05, 4.69) is 12.2 Å². The van der Waals surface area contributed by atoms with Gasteiger partial charge in [0.1, 0.15) is 5.75 Å². The van der Waals surface area contributed by atoms with E-state index in [9.17, 15) is 4.79 Å². The molecule has 0 amide bonds. The van der Waals surface area contributed by atoms with Crippen molar-refractivity contribution < 1.29 is 14.3 Å². The Bertz CT molecular complexity index is 379. The van der Waals surface area contributed by atoms with Gasteiger partial charge in [-0.15, -0.1) is 0 Å². The van der Waals surface area contributed by atoms with Gasteiger partial charge in [-0.3, -0.25) is 4.79 Å². The van der Waals surface area contributed by atoms with Crippen molar-refractivity contribution in [2.45, 2.75) is 26.3 Å². The Balaban J connectivity index is 2.40. The van der Waals surface area contributed by atoms with Crippen molar-refractivity contribution in [1.29, 1.82) is 0 Å². The van der Waals surface area contributed by atoms with Gasteiger partial charge in [-0.1, -0.05) is 12.1 Å². The number of benzene rings is 1. The average Bonchev–Trinajstić information content (AvgIpc) is 2.39. The van der Waals surface area contributed by atoms with E-state index in [4.69, 9.17) is 9.47 Å². The van der Waals surface area contributed by atoms with Crippen LogP contribution < -0.4 is 10.1 Å². The molecular weight excluding hydrogens is 230 g/mol. The van der Waals surface area contributed by atoms with E-state index < -0.39 is 0 Å². The summed E-state index contributed by atoms with van der Waals surface area (Å²) in [7, 11) is 1.65. The van der Waals surface area contributed by atoms with Crippen LogP contribution in [0.15, 0.2) is 24.3 Å². The molecule has 0 aromatic heterocycles. The van der Waals surface area contributed by atoms with E-state index in [1.807, 2.05) is 31.2 Å². The number of rotatable bonds is 7. The van der Waals surface area contributed by atoms with Gasteiger partial charge < -0.3 is 14.8 Å². The van der Waals surface area contributed by atoms with Crippen molar-refractivity contribution in [3.05, 3.63) is 29.8 Å². The molecule has 18 heavy (non-hydrogen) atoms. The Morgan fingerprint density at radius 1 is 1.44 bits per heavy atom. The van der Waals surface area contributed by atoms with E-state index in [0.717, 1.165) is 11.3 Å². The lowest BCUT2D eigenvalue weighted by Gasteiger charge is -2.14. The standard InChI is InChI=1S/C14H21NO3/c1-4-18-14(16)8-9-15-11(2)12-6-5-7-13(10-12)17-3/h5-7,10-11,15H,4,8-9H2,1-3H3. The lowest BCUT2D eigenvalue weighted by molar-refractivity contribution is -0.143. The summed E-state index contributed by atoms with van der Waals surface area (Å²) < 4.78 is 10.0. The predicted molar refractivity (Wildman–Crippen MR) is 70.7 cm³/mol. The number of carbonyl (C=O) groups is 1. The smallest absolute Gasteiger partial charge is 0.307 e. The SMILES string of the molecule is CCOC(=O)CCNC(C)c1cccc(OC)c1. The third-order valence-electron chi connectivity index (χ3n) is 2.68. The number of esters is 1. The molecule has 0 saturated heterocycles. The van der Waals surface area contributed by atoms with Crippen LogP contribution in [0, 0.1) is 0 Å². The number of hydrogen-bond acceptors (Lipinski definition) is 4. The van der Waals surface area contributed by atoms with Crippen molar-refractivity contribution >= 4 is 5.97 Å². The number of nitrogens with one attached hydrogen (secondary N) is 1. The molecule has 0 spiro atoms. The van der Waals surface area contributed by atoms with Gasteiger partial charge in [0.05, 0.1) is 20.1 Å². The number of methoxy groups -OCH3 is 1. The fourth-order valence-electron chi connectivity index (χ4n) is 1.65. The Kier molecular flexibility index (Phi) is 6.22. The first-order valence-corrected chi connectivity index (χ1v) is 6.20. The molecule has 1 N–H and O–H groups in total. The van der Waals surface area contributed by atoms with E-state index in [1.165, 1.54) is 0 Å². The zero-order chi connectivity index (χ0) is 13.4. The fraction of sp³-hybridized carbons (Fsp3) is 0.500. The summed E-state index contributed by atoms with van der Waals surface area (Å²) >= 11 is 0. The molecule has 0 radical (unpaired) electrons. The van der Waals surface area contributed by atoms with E-state index in [1.54, 1.807) is 7.11 Å². The van der Waals surface area contributed by atoms with Crippen LogP contribution in [0.1, 0.15) is 31.9 Å². The molecule has 1 rings (SSSR count). The summed E-state index contributed by atoms with van der Waals surface area (Å²) in [6.07, 6.45) is 0.391. The lowest BCUT2D eigenvalue weighted by atomic mass is 10.1. The summed E-state index contributed by atoms with van der Waals surface area (Å²) in [5.41, 5.74) is 1.14. The zero-order valence-corrected chi connectivity index (χ0v) is 11.2. The Labute approximate surface area is 108 Å². The maximum absolute atomic E-state index is 11.2. The van der Waals surface area contributed by atoms with Gasteiger partial charge in [0, 0.05) is 12.6 Å². The van der Waals surface area contributed by atoms with Crippen molar-refractivity contribution in [2.24, 2.45) is 0 Å². The van der Waals surface area contributed by atoms with Crippen molar-refractivity contribution in [1.82, 2.24) is 5.32 Å². The van der Waals surface area contributed by atoms with Crippen LogP contribution in [0.4, 0.5) is 0 Å². The average molecular weight is 251 g/mol. The molecule has 0 aliphatic carbocycles. The quantitative estimate of drug-likeness (QED) is 0.755. The van der Waals surface area contributed by atoms with E-state index in [0.29, 0.717) is 19.6 Å². The van der Waals surface area contributed by atoms with Crippen molar-refractivity contribution in [3.63, 3.8) is 0 Å². The van der Waals surface area contributed by atoms with Crippen molar-refractivity contribution in [3.8, 4) is 5.75 Å². The minimum absolute atomic E-state index is 0.164. The van der Waals surface area contributed by atoms with Crippen LogP contribution in [0.3, 0.4) is 0 Å². The molecule has 0 aliphatic heterocycles. The Morgan fingerprint density at radius 3 is 2.89 bits per heavy atom. The van der Waals surface area contributed by atoms with Crippen molar-refractivity contribution in [2.75, 3.05) is 20.3 Å². The van der Waals surface area contributed by atoms with Gasteiger partial charge in [-0.05, 0) is 31.5 Å². The second kappa shape index (κ2) is 7.71. The van der Waals surface area contributed by atoms with Gasteiger partial charge in [-0.2, -0.15) is 0 Å². The molecule has 1 unspecified atom stereocenters. The van der Waals surface area contributed by atoms with Gasteiger partial charge >= 0.3 is 5.97 Å². The summed E-state index contributed by atoms with van der Waals surface area (Å²) in [5.74, 6) is 0.675. The highest BCUT2D eigenvalue weighted by Crippen LogP contribution is 2.18. The Morgan fingerprint density at radius 2 is 2.22 bits per heavy atom. The predicted octanol–water partition coefficient (Wildman–Crippen LogP) is 2.30. The first-order valence-electron chi connectivity index (χ1n) is 6.20. The highest BCUT2D eigenvalue weighted by Gasteiger charge is 2.07. The van der Waals surface area contributed by atoms with Gasteiger partial charge in [-0.25, -0.2) is 0 Å². The zero-order valence-electron chi connectivity index (χ0n) is 11.2. The van der Waals surface area contributed by atoms with Crippen LogP contribution in [-0.2, 0) is 9.53 Å². The molecule has 1 atom stereocenters. The molecule has 100 valence electrons. The first-order chi connectivity index (χ1) is 8.67. The molecule has 1 aromatic rings. The van der Waals surface area contributed by atoms with Crippen LogP contribution in [-0.4, -0.2) is 26.2 Å². The molecule has 4 nitrogen and oxygen atoms in total. The largest absolute Gasteiger partial charge is 0.497 e. The van der Waals surface area contributed by atoms with E-state index >= 15 is 0 Å². The molecular formula is C14H21NO3. The van der Waals surface area contributed by atoms with Crippen LogP contribution in [0.5, 0.6) is 5.75 Å². The van der Waals surface area contributed by atoms with Crippen LogP contribution in [0.25, 0.3) is 0 Å². The third kappa shape index (κ3) is 4.75. The second-order valence-electron chi connectivity index (χ2n) is 4.01. The summed E-state index contributed by atoms with van der Waals surface area (Å²) in [6, 6.07) is 8.06. The normalized spacial score (nSPS) is 11.9. The van der Waals surface area contributed by atoms with Crippen LogP contribution in [0.2, 0.25) is 0 Å². The van der Waals surface area contributed by atoms with Gasteiger partial charge in [0.15, 0.2) is 0 Å². The minimum atomic E-state index is -0.164. The second-order valence-corrected chi connectivity index (χ2v) is 4.01. The third-order valence-corrected chi connectivity index (χ3v) is 2.68. The topological polar surface area (TPSA) is 47.6 Å².